The molecule has 0 atom stereocenters. The van der Waals surface area contributed by atoms with E-state index in [9.17, 15) is 9.90 Å². The molecule has 1 saturated heterocycles. The quantitative estimate of drug-likeness (QED) is 0.912. The molecule has 2 fully saturated rings. The number of hydrogen-bond donors (Lipinski definition) is 1. The number of anilines is 1. The summed E-state index contributed by atoms with van der Waals surface area (Å²) in [6.45, 7) is 3.87. The van der Waals surface area contributed by atoms with Crippen LogP contribution in [0.15, 0.2) is 18.5 Å². The first-order valence-electron chi connectivity index (χ1n) is 7.42. The van der Waals surface area contributed by atoms with Crippen LogP contribution in [0.1, 0.15) is 36.0 Å². The van der Waals surface area contributed by atoms with Gasteiger partial charge in [0.15, 0.2) is 0 Å². The largest absolute Gasteiger partial charge is 0.478 e. The van der Waals surface area contributed by atoms with Crippen LogP contribution in [-0.4, -0.2) is 53.2 Å². The number of aromatic nitrogens is 1. The normalized spacial score (nSPS) is 21.3. The van der Waals surface area contributed by atoms with Crippen LogP contribution < -0.4 is 4.90 Å². The van der Waals surface area contributed by atoms with Gasteiger partial charge in [-0.15, -0.1) is 0 Å². The van der Waals surface area contributed by atoms with Gasteiger partial charge in [0.1, 0.15) is 5.56 Å². The van der Waals surface area contributed by atoms with Crippen molar-refractivity contribution in [1.82, 2.24) is 9.88 Å². The number of pyridine rings is 1. The molecule has 0 bridgehead atoms. The fraction of sp³-hybridized carbons (Fsp3) is 0.600. The van der Waals surface area contributed by atoms with Crippen LogP contribution in [0.2, 0.25) is 0 Å². The molecule has 0 unspecified atom stereocenters. The SMILES string of the molecule is O=C(O)c1cnccc1N1CCN(C2CCCC2)CC1. The third-order valence-electron chi connectivity index (χ3n) is 4.52. The van der Waals surface area contributed by atoms with Gasteiger partial charge in [0, 0.05) is 44.6 Å². The van der Waals surface area contributed by atoms with Gasteiger partial charge in [-0.3, -0.25) is 9.88 Å². The number of hydrogen-bond acceptors (Lipinski definition) is 4. The fourth-order valence-corrected chi connectivity index (χ4v) is 3.43. The Morgan fingerprint density at radius 1 is 1.20 bits per heavy atom. The molecule has 0 spiro atoms. The highest BCUT2D eigenvalue weighted by molar-refractivity contribution is 5.94. The van der Waals surface area contributed by atoms with Crippen LogP contribution >= 0.6 is 0 Å². The molecule has 2 heterocycles. The van der Waals surface area contributed by atoms with Crippen molar-refractivity contribution in [3.05, 3.63) is 24.0 Å². The Labute approximate surface area is 119 Å². The highest BCUT2D eigenvalue weighted by atomic mass is 16.4. The molecule has 5 heteroatoms. The van der Waals surface area contributed by atoms with E-state index >= 15 is 0 Å². The van der Waals surface area contributed by atoms with E-state index in [4.69, 9.17) is 0 Å². The minimum atomic E-state index is -0.897. The van der Waals surface area contributed by atoms with Crippen LogP contribution in [0.4, 0.5) is 5.69 Å². The number of nitrogens with zero attached hydrogens (tertiary/aromatic N) is 3. The van der Waals surface area contributed by atoms with E-state index in [1.165, 1.54) is 31.9 Å². The zero-order valence-electron chi connectivity index (χ0n) is 11.7. The number of carboxylic acids is 1. The number of piperazine rings is 1. The maximum absolute atomic E-state index is 11.3. The second-order valence-electron chi connectivity index (χ2n) is 5.66. The first-order chi connectivity index (χ1) is 9.75. The first kappa shape index (κ1) is 13.4. The Kier molecular flexibility index (Phi) is 3.87. The Morgan fingerprint density at radius 2 is 1.90 bits per heavy atom. The molecule has 1 aromatic heterocycles. The van der Waals surface area contributed by atoms with Crippen molar-refractivity contribution >= 4 is 11.7 Å². The highest BCUT2D eigenvalue weighted by Crippen LogP contribution is 2.26. The van der Waals surface area contributed by atoms with E-state index in [0.717, 1.165) is 37.9 Å². The molecule has 1 saturated carbocycles. The van der Waals surface area contributed by atoms with Gasteiger partial charge >= 0.3 is 5.97 Å². The summed E-state index contributed by atoms with van der Waals surface area (Å²) in [4.78, 5) is 19.9. The number of aromatic carboxylic acids is 1. The maximum Gasteiger partial charge on any atom is 0.339 e. The lowest BCUT2D eigenvalue weighted by molar-refractivity contribution is 0.0696. The molecule has 0 aromatic carbocycles. The Morgan fingerprint density at radius 3 is 2.55 bits per heavy atom. The second-order valence-corrected chi connectivity index (χ2v) is 5.66. The molecule has 1 N–H and O–H groups in total. The molecule has 5 nitrogen and oxygen atoms in total. The van der Waals surface area contributed by atoms with Gasteiger partial charge < -0.3 is 10.0 Å². The Balaban J connectivity index is 1.67. The van der Waals surface area contributed by atoms with Gasteiger partial charge in [-0.05, 0) is 18.9 Å². The van der Waals surface area contributed by atoms with Crippen LogP contribution in [0.3, 0.4) is 0 Å². The first-order valence-corrected chi connectivity index (χ1v) is 7.42. The van der Waals surface area contributed by atoms with Gasteiger partial charge in [0.05, 0.1) is 5.69 Å². The lowest BCUT2D eigenvalue weighted by Gasteiger charge is -2.39. The lowest BCUT2D eigenvalue weighted by Crippen LogP contribution is -2.50. The lowest BCUT2D eigenvalue weighted by atomic mass is 10.1. The van der Waals surface area contributed by atoms with E-state index in [1.54, 1.807) is 6.20 Å². The van der Waals surface area contributed by atoms with Crippen molar-refractivity contribution < 1.29 is 9.90 Å². The summed E-state index contributed by atoms with van der Waals surface area (Å²) in [7, 11) is 0. The predicted octanol–water partition coefficient (Wildman–Crippen LogP) is 1.84. The average Bonchev–Trinajstić information content (AvgIpc) is 3.02. The molecule has 1 aliphatic carbocycles. The summed E-state index contributed by atoms with van der Waals surface area (Å²) < 4.78 is 0. The van der Waals surface area contributed by atoms with E-state index in [0.29, 0.717) is 5.56 Å². The van der Waals surface area contributed by atoms with Gasteiger partial charge in [-0.25, -0.2) is 4.79 Å². The minimum absolute atomic E-state index is 0.307. The van der Waals surface area contributed by atoms with Gasteiger partial charge in [-0.2, -0.15) is 0 Å². The molecule has 3 rings (SSSR count). The van der Waals surface area contributed by atoms with E-state index < -0.39 is 5.97 Å². The molecule has 2 aliphatic rings. The van der Waals surface area contributed by atoms with Crippen LogP contribution in [0.25, 0.3) is 0 Å². The van der Waals surface area contributed by atoms with Crippen LogP contribution in [-0.2, 0) is 0 Å². The fourth-order valence-electron chi connectivity index (χ4n) is 3.43. The Hall–Kier alpha value is -1.62. The van der Waals surface area contributed by atoms with Crippen molar-refractivity contribution in [1.29, 1.82) is 0 Å². The van der Waals surface area contributed by atoms with Crippen LogP contribution in [0.5, 0.6) is 0 Å². The standard InChI is InChI=1S/C15H21N3O2/c19-15(20)13-11-16-6-5-14(13)18-9-7-17(8-10-18)12-3-1-2-4-12/h5-6,11-12H,1-4,7-10H2,(H,19,20). The summed E-state index contributed by atoms with van der Waals surface area (Å²) in [6, 6.07) is 2.57. The summed E-state index contributed by atoms with van der Waals surface area (Å²) in [5.41, 5.74) is 1.11. The van der Waals surface area contributed by atoms with Crippen molar-refractivity contribution in [3.63, 3.8) is 0 Å². The van der Waals surface area contributed by atoms with Gasteiger partial charge in [-0.1, -0.05) is 12.8 Å². The summed E-state index contributed by atoms with van der Waals surface area (Å²) in [5.74, 6) is -0.897. The number of rotatable bonds is 3. The highest BCUT2D eigenvalue weighted by Gasteiger charge is 2.27. The monoisotopic (exact) mass is 275 g/mol. The maximum atomic E-state index is 11.3. The molecule has 20 heavy (non-hydrogen) atoms. The zero-order valence-corrected chi connectivity index (χ0v) is 11.7. The molecule has 1 aliphatic heterocycles. The molecule has 0 radical (unpaired) electrons. The number of carboxylic acid groups (broad SMARTS) is 1. The third-order valence-corrected chi connectivity index (χ3v) is 4.52. The average molecular weight is 275 g/mol. The smallest absolute Gasteiger partial charge is 0.339 e. The molecule has 1 aromatic rings. The molecule has 0 amide bonds. The molecular formula is C15H21N3O2. The topological polar surface area (TPSA) is 56.7 Å². The van der Waals surface area contributed by atoms with Gasteiger partial charge in [0.25, 0.3) is 0 Å². The second kappa shape index (κ2) is 5.79. The zero-order chi connectivity index (χ0) is 13.9. The predicted molar refractivity (Wildman–Crippen MR) is 77.2 cm³/mol. The van der Waals surface area contributed by atoms with E-state index in [2.05, 4.69) is 14.8 Å². The van der Waals surface area contributed by atoms with Crippen molar-refractivity contribution in [2.45, 2.75) is 31.7 Å². The molecule has 108 valence electrons. The van der Waals surface area contributed by atoms with Gasteiger partial charge in [0.2, 0.25) is 0 Å². The van der Waals surface area contributed by atoms with E-state index in [-0.39, 0.29) is 0 Å². The van der Waals surface area contributed by atoms with Crippen molar-refractivity contribution in [2.24, 2.45) is 0 Å². The van der Waals surface area contributed by atoms with Crippen LogP contribution in [0, 0.1) is 0 Å². The van der Waals surface area contributed by atoms with Crippen molar-refractivity contribution in [2.75, 3.05) is 31.1 Å². The molecular weight excluding hydrogens is 254 g/mol. The summed E-state index contributed by atoms with van der Waals surface area (Å²) in [6.07, 6.45) is 8.49. The minimum Gasteiger partial charge on any atom is -0.478 e. The summed E-state index contributed by atoms with van der Waals surface area (Å²) in [5, 5.41) is 9.24. The number of carbonyl (C=O) groups is 1. The Bertz CT molecular complexity index is 478. The summed E-state index contributed by atoms with van der Waals surface area (Å²) >= 11 is 0. The van der Waals surface area contributed by atoms with Crippen molar-refractivity contribution in [3.8, 4) is 0 Å². The third kappa shape index (κ3) is 2.63. The van der Waals surface area contributed by atoms with E-state index in [1.807, 2.05) is 6.07 Å².